The van der Waals surface area contributed by atoms with Crippen LogP contribution in [0, 0.1) is 11.8 Å². The number of nitrogens with one attached hydrogen (secondary N) is 2. The van der Waals surface area contributed by atoms with Crippen molar-refractivity contribution in [1.82, 2.24) is 15.5 Å². The van der Waals surface area contributed by atoms with Crippen LogP contribution in [0.4, 0.5) is 0 Å². The largest absolute Gasteiger partial charge is 0.396 e. The van der Waals surface area contributed by atoms with Gasteiger partial charge >= 0.3 is 0 Å². The summed E-state index contributed by atoms with van der Waals surface area (Å²) in [6.07, 6.45) is 5.70. The zero-order chi connectivity index (χ0) is 23.5. The number of nitrogens with zero attached hydrogens (tertiary/aromatic N) is 1. The van der Waals surface area contributed by atoms with E-state index in [0.29, 0.717) is 45.2 Å². The van der Waals surface area contributed by atoms with Gasteiger partial charge in [0.15, 0.2) is 0 Å². The molecule has 3 heterocycles. The number of ether oxygens (including phenoxy) is 1. The second-order valence-electron chi connectivity index (χ2n) is 9.78. The summed E-state index contributed by atoms with van der Waals surface area (Å²) in [6, 6.07) is -0.741. The summed E-state index contributed by atoms with van der Waals surface area (Å²) in [5.41, 5.74) is -1.65. The van der Waals surface area contributed by atoms with Crippen molar-refractivity contribution < 1.29 is 24.2 Å². The maximum absolute atomic E-state index is 13.8. The van der Waals surface area contributed by atoms with E-state index in [1.165, 1.54) is 0 Å². The Labute approximate surface area is 191 Å². The third-order valence-electron chi connectivity index (χ3n) is 7.68. The van der Waals surface area contributed by atoms with Crippen molar-refractivity contribution in [2.75, 3.05) is 19.7 Å². The zero-order valence-corrected chi connectivity index (χ0v) is 20.1. The van der Waals surface area contributed by atoms with E-state index in [1.807, 2.05) is 20.8 Å². The highest BCUT2D eigenvalue weighted by atomic mass is 16.5. The van der Waals surface area contributed by atoms with Gasteiger partial charge in [-0.1, -0.05) is 27.2 Å². The first-order valence-electron chi connectivity index (χ1n) is 12.5. The number of aliphatic hydroxyl groups is 1. The molecule has 0 aliphatic carbocycles. The maximum atomic E-state index is 13.8. The SMILES string of the molecule is CCCNC(=O)[C@H]1[C@H]2C(=O)N(CCCCO)C(C(=O)NC(C)CCC)C23CC[C@]1(CC)O3. The molecule has 0 radical (unpaired) electrons. The number of hydrogen-bond donors (Lipinski definition) is 3. The Morgan fingerprint density at radius 3 is 2.56 bits per heavy atom. The van der Waals surface area contributed by atoms with Crippen LogP contribution in [0.1, 0.15) is 79.1 Å². The van der Waals surface area contributed by atoms with Crippen molar-refractivity contribution in [1.29, 1.82) is 0 Å². The molecule has 3 fully saturated rings. The standard InChI is InChI=1S/C24H41N3O5/c1-5-10-16(4)26-21(30)19-24-12-11-23(7-3,32-24)17(20(29)25-13-6-2)18(24)22(31)27(19)14-8-9-15-28/h16-19,28H,5-15H2,1-4H3,(H,25,29)(H,26,30)/t16?,17-,18+,19?,23+,24?/m1/s1. The number of likely N-dealkylation sites (tertiary alicyclic amines) is 1. The highest BCUT2D eigenvalue weighted by molar-refractivity contribution is 5.99. The van der Waals surface area contributed by atoms with Gasteiger partial charge in [-0.2, -0.15) is 0 Å². The lowest BCUT2D eigenvalue weighted by Crippen LogP contribution is -2.56. The molecule has 6 atom stereocenters. The number of unbranched alkanes of at least 4 members (excludes halogenated alkanes) is 1. The van der Waals surface area contributed by atoms with Crippen LogP contribution < -0.4 is 10.6 Å². The molecule has 0 aromatic carbocycles. The van der Waals surface area contributed by atoms with Crippen LogP contribution in [0.15, 0.2) is 0 Å². The number of carbonyl (C=O) groups is 3. The number of rotatable bonds is 12. The lowest BCUT2D eigenvalue weighted by atomic mass is 9.65. The number of fused-ring (bicyclic) bond motifs is 1. The van der Waals surface area contributed by atoms with Gasteiger partial charge in [-0.25, -0.2) is 0 Å². The lowest BCUT2D eigenvalue weighted by Gasteiger charge is -2.34. The van der Waals surface area contributed by atoms with Gasteiger partial charge in [-0.3, -0.25) is 14.4 Å². The summed E-state index contributed by atoms with van der Waals surface area (Å²) in [5.74, 6) is -1.69. The molecule has 2 bridgehead atoms. The van der Waals surface area contributed by atoms with Gasteiger partial charge in [0.25, 0.3) is 0 Å². The van der Waals surface area contributed by atoms with Gasteiger partial charge in [-0.05, 0) is 51.9 Å². The van der Waals surface area contributed by atoms with E-state index >= 15 is 0 Å². The lowest BCUT2D eigenvalue weighted by molar-refractivity contribution is -0.148. The monoisotopic (exact) mass is 451 g/mol. The number of amides is 3. The Morgan fingerprint density at radius 1 is 1.19 bits per heavy atom. The topological polar surface area (TPSA) is 108 Å². The average molecular weight is 452 g/mol. The Bertz CT molecular complexity index is 716. The summed E-state index contributed by atoms with van der Waals surface area (Å²) in [7, 11) is 0. The van der Waals surface area contributed by atoms with Crippen LogP contribution in [0.5, 0.6) is 0 Å². The van der Waals surface area contributed by atoms with E-state index < -0.39 is 29.1 Å². The molecular weight excluding hydrogens is 410 g/mol. The summed E-state index contributed by atoms with van der Waals surface area (Å²) >= 11 is 0. The predicted octanol–water partition coefficient (Wildman–Crippen LogP) is 1.74. The van der Waals surface area contributed by atoms with Gasteiger partial charge in [-0.15, -0.1) is 0 Å². The van der Waals surface area contributed by atoms with Crippen LogP contribution >= 0.6 is 0 Å². The average Bonchev–Trinajstić information content (AvgIpc) is 3.36. The van der Waals surface area contributed by atoms with E-state index in [-0.39, 0.29) is 30.4 Å². The predicted molar refractivity (Wildman–Crippen MR) is 121 cm³/mol. The van der Waals surface area contributed by atoms with Crippen LogP contribution in [0.25, 0.3) is 0 Å². The third-order valence-corrected chi connectivity index (χ3v) is 7.68. The number of hydrogen-bond acceptors (Lipinski definition) is 5. The fraction of sp³-hybridized carbons (Fsp3) is 0.875. The third kappa shape index (κ3) is 4.04. The molecule has 182 valence electrons. The van der Waals surface area contributed by atoms with Gasteiger partial charge in [0.1, 0.15) is 11.6 Å². The fourth-order valence-electron chi connectivity index (χ4n) is 6.24. The molecule has 8 heteroatoms. The highest BCUT2D eigenvalue weighted by Crippen LogP contribution is 2.64. The van der Waals surface area contributed by atoms with Crippen molar-refractivity contribution in [3.05, 3.63) is 0 Å². The molecule has 3 amide bonds. The molecule has 0 aromatic heterocycles. The second-order valence-corrected chi connectivity index (χ2v) is 9.78. The Kier molecular flexibility index (Phi) is 7.86. The first-order valence-corrected chi connectivity index (χ1v) is 12.5. The summed E-state index contributed by atoms with van der Waals surface area (Å²) in [5, 5.41) is 15.3. The summed E-state index contributed by atoms with van der Waals surface area (Å²) < 4.78 is 6.68. The Morgan fingerprint density at radius 2 is 1.94 bits per heavy atom. The quantitative estimate of drug-likeness (QED) is 0.392. The molecule has 32 heavy (non-hydrogen) atoms. The van der Waals surface area contributed by atoms with Crippen molar-refractivity contribution in [3.63, 3.8) is 0 Å². The molecule has 0 aromatic rings. The van der Waals surface area contributed by atoms with Crippen molar-refractivity contribution >= 4 is 17.7 Å². The van der Waals surface area contributed by atoms with E-state index in [2.05, 4.69) is 17.6 Å². The van der Waals surface area contributed by atoms with Crippen LogP contribution in [-0.4, -0.2) is 70.7 Å². The molecule has 3 aliphatic heterocycles. The van der Waals surface area contributed by atoms with Crippen molar-refractivity contribution in [3.8, 4) is 0 Å². The molecule has 3 N–H and O–H groups in total. The smallest absolute Gasteiger partial charge is 0.246 e. The van der Waals surface area contributed by atoms with Crippen molar-refractivity contribution in [2.24, 2.45) is 11.8 Å². The normalized spacial score (nSPS) is 34.0. The first-order chi connectivity index (χ1) is 15.3. The molecule has 1 spiro atoms. The second kappa shape index (κ2) is 10.1. The zero-order valence-electron chi connectivity index (χ0n) is 20.1. The molecule has 0 saturated carbocycles. The van der Waals surface area contributed by atoms with E-state index in [1.54, 1.807) is 4.90 Å². The molecule has 3 rings (SSSR count). The van der Waals surface area contributed by atoms with E-state index in [9.17, 15) is 19.5 Å². The first kappa shape index (κ1) is 25.0. The van der Waals surface area contributed by atoms with Gasteiger partial charge < -0.3 is 25.4 Å². The minimum atomic E-state index is -0.962. The van der Waals surface area contributed by atoms with E-state index in [0.717, 1.165) is 19.3 Å². The van der Waals surface area contributed by atoms with Crippen LogP contribution in [0.3, 0.4) is 0 Å². The fourth-order valence-corrected chi connectivity index (χ4v) is 6.24. The Hall–Kier alpha value is -1.67. The maximum Gasteiger partial charge on any atom is 0.246 e. The number of carbonyl (C=O) groups excluding carboxylic acids is 3. The van der Waals surface area contributed by atoms with Crippen molar-refractivity contribution in [2.45, 2.75) is 102 Å². The van der Waals surface area contributed by atoms with Crippen LogP contribution in [-0.2, 0) is 19.1 Å². The minimum Gasteiger partial charge on any atom is -0.396 e. The minimum absolute atomic E-state index is 0.000248. The number of aliphatic hydroxyl groups excluding tert-OH is 1. The molecule has 8 nitrogen and oxygen atoms in total. The summed E-state index contributed by atoms with van der Waals surface area (Å²) in [6.45, 7) is 9.02. The molecule has 3 unspecified atom stereocenters. The molecule has 3 aliphatic rings. The Balaban J connectivity index is 1.97. The highest BCUT2D eigenvalue weighted by Gasteiger charge is 2.78. The molecular formula is C24H41N3O5. The van der Waals surface area contributed by atoms with Gasteiger partial charge in [0.05, 0.1) is 17.4 Å². The van der Waals surface area contributed by atoms with Crippen LogP contribution in [0.2, 0.25) is 0 Å². The van der Waals surface area contributed by atoms with Gasteiger partial charge in [0, 0.05) is 25.7 Å². The summed E-state index contributed by atoms with van der Waals surface area (Å²) in [4.78, 5) is 42.2. The molecule has 3 saturated heterocycles. The van der Waals surface area contributed by atoms with E-state index in [4.69, 9.17) is 4.74 Å². The van der Waals surface area contributed by atoms with Gasteiger partial charge in [0.2, 0.25) is 17.7 Å².